The van der Waals surface area contributed by atoms with Crippen molar-refractivity contribution in [3.05, 3.63) is 22.7 Å². The number of halogens is 1. The second-order valence-corrected chi connectivity index (χ2v) is 5.37. The van der Waals surface area contributed by atoms with E-state index in [1.165, 1.54) is 23.8 Å². The molecule has 110 valence electrons. The van der Waals surface area contributed by atoms with Gasteiger partial charge in [-0.15, -0.1) is 0 Å². The SMILES string of the molecule is CC(=O)OC1C(Br)[C@@H](CO)O[C@H]1n1ccc(N)nc1=O. The molecule has 9 heteroatoms. The second-order valence-electron chi connectivity index (χ2n) is 4.31. The molecule has 0 bridgehead atoms. The number of esters is 1. The Kier molecular flexibility index (Phi) is 4.41. The highest BCUT2D eigenvalue weighted by Crippen LogP contribution is 2.35. The van der Waals surface area contributed by atoms with E-state index in [1.807, 2.05) is 0 Å². The maximum Gasteiger partial charge on any atom is 0.351 e. The molecular weight excluding hydrogens is 334 g/mol. The van der Waals surface area contributed by atoms with Crippen LogP contribution in [0.4, 0.5) is 5.82 Å². The third-order valence-electron chi connectivity index (χ3n) is 2.87. The number of anilines is 1. The first-order valence-corrected chi connectivity index (χ1v) is 6.78. The standard InChI is InChI=1S/C11H14BrN3O5/c1-5(17)19-9-8(12)6(4-16)20-10(9)15-3-2-7(13)14-11(15)18/h2-3,6,8-10,16H,4H2,1H3,(H2,13,14,18)/t6-,8?,9?,10-/m1/s1. The summed E-state index contributed by atoms with van der Waals surface area (Å²) in [4.78, 5) is 26.2. The molecule has 1 aromatic rings. The number of aromatic nitrogens is 2. The minimum atomic E-state index is -0.874. The van der Waals surface area contributed by atoms with Gasteiger partial charge < -0.3 is 20.3 Å². The molecule has 2 rings (SSSR count). The van der Waals surface area contributed by atoms with Crippen molar-refractivity contribution < 1.29 is 19.4 Å². The number of aliphatic hydroxyl groups is 1. The lowest BCUT2D eigenvalue weighted by Crippen LogP contribution is -2.36. The molecule has 1 fully saturated rings. The van der Waals surface area contributed by atoms with Gasteiger partial charge in [-0.2, -0.15) is 4.98 Å². The first-order chi connectivity index (χ1) is 9.43. The number of alkyl halides is 1. The molecule has 1 aromatic heterocycles. The number of nitrogens with two attached hydrogens (primary N) is 1. The zero-order chi connectivity index (χ0) is 14.9. The van der Waals surface area contributed by atoms with E-state index in [4.69, 9.17) is 15.2 Å². The summed E-state index contributed by atoms with van der Waals surface area (Å²) in [5.74, 6) is -0.425. The predicted molar refractivity (Wildman–Crippen MR) is 72.2 cm³/mol. The normalized spacial score (nSPS) is 29.4. The third-order valence-corrected chi connectivity index (χ3v) is 3.98. The highest BCUT2D eigenvalue weighted by Gasteiger charge is 2.46. The van der Waals surface area contributed by atoms with Gasteiger partial charge in [0.2, 0.25) is 0 Å². The maximum absolute atomic E-state index is 11.8. The Morgan fingerprint density at radius 2 is 2.40 bits per heavy atom. The molecule has 2 heterocycles. The van der Waals surface area contributed by atoms with Crippen LogP contribution in [0.25, 0.3) is 0 Å². The summed E-state index contributed by atoms with van der Waals surface area (Å²) >= 11 is 3.31. The molecule has 3 N–H and O–H groups in total. The first kappa shape index (κ1) is 14.9. The van der Waals surface area contributed by atoms with Crippen molar-refractivity contribution in [2.75, 3.05) is 12.3 Å². The quantitative estimate of drug-likeness (QED) is 0.554. The summed E-state index contributed by atoms with van der Waals surface area (Å²) < 4.78 is 11.9. The molecule has 20 heavy (non-hydrogen) atoms. The van der Waals surface area contributed by atoms with Gasteiger partial charge >= 0.3 is 11.7 Å². The van der Waals surface area contributed by atoms with E-state index in [2.05, 4.69) is 20.9 Å². The van der Waals surface area contributed by atoms with E-state index < -0.39 is 34.9 Å². The van der Waals surface area contributed by atoms with Crippen LogP contribution in [0.2, 0.25) is 0 Å². The van der Waals surface area contributed by atoms with Crippen molar-refractivity contribution in [1.29, 1.82) is 0 Å². The van der Waals surface area contributed by atoms with Gasteiger partial charge in [-0.1, -0.05) is 15.9 Å². The molecular formula is C11H14BrN3O5. The Morgan fingerprint density at radius 1 is 1.70 bits per heavy atom. The van der Waals surface area contributed by atoms with Crippen LogP contribution in [-0.4, -0.2) is 44.3 Å². The van der Waals surface area contributed by atoms with Crippen LogP contribution >= 0.6 is 15.9 Å². The highest BCUT2D eigenvalue weighted by molar-refractivity contribution is 9.09. The highest BCUT2D eigenvalue weighted by atomic mass is 79.9. The molecule has 0 radical (unpaired) electrons. The van der Waals surface area contributed by atoms with E-state index in [9.17, 15) is 14.7 Å². The van der Waals surface area contributed by atoms with Crippen LogP contribution in [0, 0.1) is 0 Å². The van der Waals surface area contributed by atoms with Crippen LogP contribution in [0.5, 0.6) is 0 Å². The molecule has 0 aliphatic carbocycles. The Hall–Kier alpha value is -1.45. The fourth-order valence-corrected chi connectivity index (χ4v) is 2.66. The smallest absolute Gasteiger partial charge is 0.351 e. The van der Waals surface area contributed by atoms with E-state index in [1.54, 1.807) is 0 Å². The number of nitrogen functional groups attached to an aromatic ring is 1. The summed E-state index contributed by atoms with van der Waals surface area (Å²) in [7, 11) is 0. The maximum atomic E-state index is 11.8. The molecule has 8 nitrogen and oxygen atoms in total. The van der Waals surface area contributed by atoms with Gasteiger partial charge in [0, 0.05) is 13.1 Å². The van der Waals surface area contributed by atoms with Crippen LogP contribution in [0.15, 0.2) is 17.1 Å². The summed E-state index contributed by atoms with van der Waals surface area (Å²) in [6.07, 6.45) is -0.826. The number of hydrogen-bond donors (Lipinski definition) is 2. The van der Waals surface area contributed by atoms with Gasteiger partial charge in [-0.3, -0.25) is 9.36 Å². The molecule has 2 unspecified atom stereocenters. The van der Waals surface area contributed by atoms with Crippen LogP contribution < -0.4 is 11.4 Å². The molecule has 0 spiro atoms. The fraction of sp³-hybridized carbons (Fsp3) is 0.545. The van der Waals surface area contributed by atoms with Gasteiger partial charge in [-0.25, -0.2) is 4.79 Å². The second kappa shape index (κ2) is 5.90. The van der Waals surface area contributed by atoms with Crippen molar-refractivity contribution >= 4 is 27.7 Å². The van der Waals surface area contributed by atoms with Crippen LogP contribution in [-0.2, 0) is 14.3 Å². The number of rotatable bonds is 3. The van der Waals surface area contributed by atoms with Gasteiger partial charge in [-0.05, 0) is 6.07 Å². The lowest BCUT2D eigenvalue weighted by molar-refractivity contribution is -0.152. The average Bonchev–Trinajstić information content (AvgIpc) is 2.66. The Labute approximate surface area is 122 Å². The summed E-state index contributed by atoms with van der Waals surface area (Å²) in [5, 5.41) is 9.25. The number of carbonyl (C=O) groups excluding carboxylic acids is 1. The topological polar surface area (TPSA) is 117 Å². The van der Waals surface area contributed by atoms with Crippen LogP contribution in [0.3, 0.4) is 0 Å². The van der Waals surface area contributed by atoms with Gasteiger partial charge in [0.15, 0.2) is 12.3 Å². The summed E-state index contributed by atoms with van der Waals surface area (Å²) in [5.41, 5.74) is 4.80. The minimum absolute atomic E-state index is 0.0855. The van der Waals surface area contributed by atoms with Crippen molar-refractivity contribution in [1.82, 2.24) is 9.55 Å². The fourth-order valence-electron chi connectivity index (χ4n) is 2.00. The van der Waals surface area contributed by atoms with E-state index in [-0.39, 0.29) is 12.4 Å². The monoisotopic (exact) mass is 347 g/mol. The molecule has 0 saturated carbocycles. The number of carbonyl (C=O) groups is 1. The number of aliphatic hydroxyl groups excluding tert-OH is 1. The molecule has 0 amide bonds. The first-order valence-electron chi connectivity index (χ1n) is 5.86. The minimum Gasteiger partial charge on any atom is -0.456 e. The molecule has 1 aliphatic rings. The van der Waals surface area contributed by atoms with E-state index in [0.717, 1.165) is 0 Å². The predicted octanol–water partition coefficient (Wildman–Crippen LogP) is -0.590. The van der Waals surface area contributed by atoms with Crippen molar-refractivity contribution in [3.63, 3.8) is 0 Å². The van der Waals surface area contributed by atoms with E-state index in [0.29, 0.717) is 0 Å². The Balaban J connectivity index is 2.36. The average molecular weight is 348 g/mol. The van der Waals surface area contributed by atoms with Crippen molar-refractivity contribution in [3.8, 4) is 0 Å². The Morgan fingerprint density at radius 3 is 2.95 bits per heavy atom. The zero-order valence-corrected chi connectivity index (χ0v) is 12.2. The summed E-state index contributed by atoms with van der Waals surface area (Å²) in [6.45, 7) is 0.981. The van der Waals surface area contributed by atoms with E-state index >= 15 is 0 Å². The number of ether oxygens (including phenoxy) is 2. The van der Waals surface area contributed by atoms with Gasteiger partial charge in [0.25, 0.3) is 0 Å². The molecule has 4 atom stereocenters. The number of hydrogen-bond acceptors (Lipinski definition) is 7. The lowest BCUT2D eigenvalue weighted by Gasteiger charge is -2.21. The molecule has 1 saturated heterocycles. The summed E-state index contributed by atoms with van der Waals surface area (Å²) in [6, 6.07) is 1.44. The van der Waals surface area contributed by atoms with Crippen molar-refractivity contribution in [2.24, 2.45) is 0 Å². The zero-order valence-electron chi connectivity index (χ0n) is 10.6. The van der Waals surface area contributed by atoms with Crippen LogP contribution in [0.1, 0.15) is 13.2 Å². The largest absolute Gasteiger partial charge is 0.456 e. The number of nitrogens with zero attached hydrogens (tertiary/aromatic N) is 2. The third kappa shape index (κ3) is 2.84. The Bertz CT molecular complexity index is 563. The molecule has 0 aromatic carbocycles. The van der Waals surface area contributed by atoms with Gasteiger partial charge in [0.1, 0.15) is 5.82 Å². The lowest BCUT2D eigenvalue weighted by atomic mass is 10.2. The molecule has 1 aliphatic heterocycles. The van der Waals surface area contributed by atoms with Gasteiger partial charge in [0.05, 0.1) is 17.5 Å². The van der Waals surface area contributed by atoms with Crippen molar-refractivity contribution in [2.45, 2.75) is 30.2 Å².